The zero-order chi connectivity index (χ0) is 23.3. The summed E-state index contributed by atoms with van der Waals surface area (Å²) in [7, 11) is 5.35. The van der Waals surface area contributed by atoms with Gasteiger partial charge in [0.15, 0.2) is 23.0 Å². The third kappa shape index (κ3) is 3.45. The predicted octanol–water partition coefficient (Wildman–Crippen LogP) is 5.75. The van der Waals surface area contributed by atoms with Gasteiger partial charge in [-0.3, -0.25) is 4.79 Å². The Morgan fingerprint density at radius 3 is 2.48 bits per heavy atom. The van der Waals surface area contributed by atoms with Crippen LogP contribution in [0.25, 0.3) is 21.9 Å². The molecule has 0 radical (unpaired) electrons. The lowest BCUT2D eigenvalue weighted by Gasteiger charge is -2.39. The molecule has 0 spiro atoms. The number of hydrogen-bond donors (Lipinski definition) is 0. The monoisotopic (exact) mass is 447 g/mol. The SMILES string of the molecule is COc1ccc2c(c1OC)[C@@H](CC(=O)CC(C)C)N(C)c1c-2ccc2cc3c(cc12)OCO3. The maximum atomic E-state index is 13.0. The molecule has 0 saturated heterocycles. The number of carbonyl (C=O) groups is 1. The number of carbonyl (C=O) groups excluding carboxylic acids is 1. The third-order valence-electron chi connectivity index (χ3n) is 6.57. The summed E-state index contributed by atoms with van der Waals surface area (Å²) < 4.78 is 22.7. The maximum Gasteiger partial charge on any atom is 0.231 e. The van der Waals surface area contributed by atoms with Crippen molar-refractivity contribution in [3.63, 3.8) is 0 Å². The molecule has 0 unspecified atom stereocenters. The first-order valence-electron chi connectivity index (χ1n) is 11.3. The highest BCUT2D eigenvalue weighted by atomic mass is 16.7. The van der Waals surface area contributed by atoms with Crippen molar-refractivity contribution in [1.29, 1.82) is 0 Å². The minimum atomic E-state index is -0.181. The van der Waals surface area contributed by atoms with Crippen LogP contribution in [0.1, 0.15) is 38.3 Å². The van der Waals surface area contributed by atoms with Crippen molar-refractivity contribution in [2.75, 3.05) is 33.0 Å². The lowest BCUT2D eigenvalue weighted by atomic mass is 9.83. The Hall–Kier alpha value is -3.41. The Kier molecular flexibility index (Phi) is 5.31. The second-order valence-corrected chi connectivity index (χ2v) is 9.12. The largest absolute Gasteiger partial charge is 0.493 e. The molecule has 5 rings (SSSR count). The molecule has 0 aliphatic carbocycles. The first-order valence-corrected chi connectivity index (χ1v) is 11.3. The van der Waals surface area contributed by atoms with Crippen molar-refractivity contribution in [2.45, 2.75) is 32.7 Å². The van der Waals surface area contributed by atoms with Crippen molar-refractivity contribution >= 4 is 22.2 Å². The van der Waals surface area contributed by atoms with Gasteiger partial charge >= 0.3 is 0 Å². The minimum Gasteiger partial charge on any atom is -0.493 e. The number of ketones is 1. The smallest absolute Gasteiger partial charge is 0.231 e. The Morgan fingerprint density at radius 2 is 1.79 bits per heavy atom. The average molecular weight is 448 g/mol. The Morgan fingerprint density at radius 1 is 1.06 bits per heavy atom. The van der Waals surface area contributed by atoms with E-state index in [9.17, 15) is 4.79 Å². The third-order valence-corrected chi connectivity index (χ3v) is 6.57. The van der Waals surface area contributed by atoms with Gasteiger partial charge in [0.2, 0.25) is 6.79 Å². The number of nitrogens with zero attached hydrogens (tertiary/aromatic N) is 1. The second-order valence-electron chi connectivity index (χ2n) is 9.12. The fourth-order valence-corrected chi connectivity index (χ4v) is 5.15. The number of methoxy groups -OCH3 is 2. The number of hydrogen-bond acceptors (Lipinski definition) is 6. The molecule has 1 atom stereocenters. The van der Waals surface area contributed by atoms with Gasteiger partial charge in [-0.1, -0.05) is 26.0 Å². The maximum absolute atomic E-state index is 13.0. The van der Waals surface area contributed by atoms with E-state index in [1.54, 1.807) is 14.2 Å². The lowest BCUT2D eigenvalue weighted by molar-refractivity contribution is -0.120. The Bertz CT molecular complexity index is 1250. The topological polar surface area (TPSA) is 57.2 Å². The van der Waals surface area contributed by atoms with Crippen LogP contribution in [-0.2, 0) is 4.79 Å². The van der Waals surface area contributed by atoms with Gasteiger partial charge in [0.25, 0.3) is 0 Å². The minimum absolute atomic E-state index is 0.181. The zero-order valence-electron chi connectivity index (χ0n) is 19.7. The first-order chi connectivity index (χ1) is 15.9. The van der Waals surface area contributed by atoms with E-state index in [0.29, 0.717) is 30.3 Å². The van der Waals surface area contributed by atoms with Gasteiger partial charge in [0.05, 0.1) is 25.9 Å². The summed E-state index contributed by atoms with van der Waals surface area (Å²) in [6, 6.07) is 12.1. The number of fused-ring (bicyclic) bond motifs is 6. The molecule has 0 aromatic heterocycles. The molecule has 2 heterocycles. The summed E-state index contributed by atoms with van der Waals surface area (Å²) in [6.45, 7) is 4.38. The van der Waals surface area contributed by atoms with Crippen LogP contribution in [0.5, 0.6) is 23.0 Å². The predicted molar refractivity (Wildman–Crippen MR) is 129 cm³/mol. The molecular formula is C27H29NO5. The van der Waals surface area contributed by atoms with Crippen molar-refractivity contribution in [1.82, 2.24) is 0 Å². The molecule has 6 nitrogen and oxygen atoms in total. The van der Waals surface area contributed by atoms with Crippen LogP contribution in [0.2, 0.25) is 0 Å². The molecule has 0 N–H and O–H groups in total. The molecule has 0 fully saturated rings. The summed E-state index contributed by atoms with van der Waals surface area (Å²) >= 11 is 0. The highest BCUT2D eigenvalue weighted by molar-refractivity contribution is 6.06. The average Bonchev–Trinajstić information content (AvgIpc) is 3.25. The molecule has 3 aromatic rings. The van der Waals surface area contributed by atoms with Gasteiger partial charge in [-0.15, -0.1) is 0 Å². The normalized spacial score (nSPS) is 16.1. The van der Waals surface area contributed by atoms with Crippen molar-refractivity contribution < 1.29 is 23.7 Å². The Labute approximate surface area is 194 Å². The van der Waals surface area contributed by atoms with Gasteiger partial charge in [-0.05, 0) is 41.1 Å². The van der Waals surface area contributed by atoms with Crippen LogP contribution >= 0.6 is 0 Å². The number of anilines is 1. The lowest BCUT2D eigenvalue weighted by Crippen LogP contribution is -2.31. The van der Waals surface area contributed by atoms with E-state index in [1.807, 2.05) is 18.2 Å². The van der Waals surface area contributed by atoms with Crippen LogP contribution in [0.3, 0.4) is 0 Å². The van der Waals surface area contributed by atoms with Crippen molar-refractivity contribution in [2.24, 2.45) is 5.92 Å². The molecule has 172 valence electrons. The van der Waals surface area contributed by atoms with Crippen LogP contribution in [0.15, 0.2) is 36.4 Å². The van der Waals surface area contributed by atoms with Crippen LogP contribution in [0.4, 0.5) is 5.69 Å². The molecular weight excluding hydrogens is 418 g/mol. The fourth-order valence-electron chi connectivity index (χ4n) is 5.15. The van der Waals surface area contributed by atoms with Crippen LogP contribution < -0.4 is 23.8 Å². The number of ether oxygens (including phenoxy) is 4. The van der Waals surface area contributed by atoms with E-state index in [1.165, 1.54) is 0 Å². The van der Waals surface area contributed by atoms with E-state index < -0.39 is 0 Å². The molecule has 33 heavy (non-hydrogen) atoms. The standard InChI is InChI=1S/C27H29NO5/c1-15(2)10-17(29)12-21-25-18(8-9-22(30-4)27(25)31-5)19-7-6-16-11-23-24(33-14-32-23)13-20(16)26(19)28(21)3/h6-9,11,13,15,21H,10,12,14H2,1-5H3/t21-/m1/s1. The summed E-state index contributed by atoms with van der Waals surface area (Å²) in [5.74, 6) is 3.40. The summed E-state index contributed by atoms with van der Waals surface area (Å²) in [6.07, 6.45) is 0.943. The highest BCUT2D eigenvalue weighted by Gasteiger charge is 2.35. The molecule has 6 heteroatoms. The number of Topliss-reactive ketones (excluding diaryl/α,β-unsaturated/α-hetero) is 1. The second kappa shape index (κ2) is 8.18. The van der Waals surface area contributed by atoms with Gasteiger partial charge in [0.1, 0.15) is 5.78 Å². The van der Waals surface area contributed by atoms with Gasteiger partial charge < -0.3 is 23.8 Å². The fraction of sp³-hybridized carbons (Fsp3) is 0.370. The molecule has 0 bridgehead atoms. The Balaban J connectivity index is 1.75. The zero-order valence-corrected chi connectivity index (χ0v) is 19.7. The molecule has 0 saturated carbocycles. The summed E-state index contributed by atoms with van der Waals surface area (Å²) in [4.78, 5) is 15.2. The van der Waals surface area contributed by atoms with Gasteiger partial charge in [-0.2, -0.15) is 0 Å². The number of benzene rings is 3. The van der Waals surface area contributed by atoms with Crippen LogP contribution in [-0.4, -0.2) is 33.8 Å². The molecule has 2 aliphatic rings. The quantitative estimate of drug-likeness (QED) is 0.480. The van der Waals surface area contributed by atoms with Gasteiger partial charge in [0, 0.05) is 36.4 Å². The van der Waals surface area contributed by atoms with E-state index in [4.69, 9.17) is 18.9 Å². The molecule has 3 aromatic carbocycles. The van der Waals surface area contributed by atoms with Crippen molar-refractivity contribution in [3.8, 4) is 34.1 Å². The van der Waals surface area contributed by atoms with Gasteiger partial charge in [-0.25, -0.2) is 0 Å². The van der Waals surface area contributed by atoms with E-state index in [0.717, 1.165) is 44.6 Å². The summed E-state index contributed by atoms with van der Waals surface area (Å²) in [5.41, 5.74) is 4.21. The summed E-state index contributed by atoms with van der Waals surface area (Å²) in [5, 5.41) is 2.14. The van der Waals surface area contributed by atoms with Crippen LogP contribution in [0, 0.1) is 5.92 Å². The first kappa shape index (κ1) is 21.4. The van der Waals surface area contributed by atoms with E-state index in [-0.39, 0.29) is 18.6 Å². The number of rotatable bonds is 6. The molecule has 0 amide bonds. The molecule has 2 aliphatic heterocycles. The highest BCUT2D eigenvalue weighted by Crippen LogP contribution is 2.54. The van der Waals surface area contributed by atoms with E-state index in [2.05, 4.69) is 44.0 Å². The van der Waals surface area contributed by atoms with E-state index >= 15 is 0 Å². The van der Waals surface area contributed by atoms with Crippen molar-refractivity contribution in [3.05, 3.63) is 42.0 Å².